The number of anilines is 2. The van der Waals surface area contributed by atoms with Crippen LogP contribution >= 0.6 is 0 Å². The molecule has 1 fully saturated rings. The first-order valence-corrected chi connectivity index (χ1v) is 9.79. The van der Waals surface area contributed by atoms with Crippen molar-refractivity contribution in [2.45, 2.75) is 20.0 Å². The summed E-state index contributed by atoms with van der Waals surface area (Å²) in [6.45, 7) is 6.66. The van der Waals surface area contributed by atoms with E-state index in [1.165, 1.54) is 0 Å². The molecule has 1 aliphatic heterocycles. The highest BCUT2D eigenvalue weighted by atomic mass is 16.5. The number of carbonyl (C=O) groups excluding carboxylic acids is 1. The molecule has 0 radical (unpaired) electrons. The number of nitrogens with zero attached hydrogens (tertiary/aromatic N) is 2. The minimum atomic E-state index is -0.0974. The lowest BCUT2D eigenvalue weighted by molar-refractivity contribution is 0.208. The van der Waals surface area contributed by atoms with Crippen LogP contribution in [0, 0.1) is 0 Å². The minimum Gasteiger partial charge on any atom is -0.497 e. The van der Waals surface area contributed by atoms with Crippen LogP contribution in [0.5, 0.6) is 17.2 Å². The van der Waals surface area contributed by atoms with Crippen LogP contribution in [0.15, 0.2) is 42.5 Å². The summed E-state index contributed by atoms with van der Waals surface area (Å²) in [5.41, 5.74) is 1.73. The maximum atomic E-state index is 12.6. The topological polar surface area (TPSA) is 63.3 Å². The number of urea groups is 1. The van der Waals surface area contributed by atoms with E-state index in [4.69, 9.17) is 14.2 Å². The molecule has 0 spiro atoms. The van der Waals surface area contributed by atoms with Crippen LogP contribution in [0.25, 0.3) is 0 Å². The van der Waals surface area contributed by atoms with Gasteiger partial charge in [0.15, 0.2) is 0 Å². The van der Waals surface area contributed by atoms with Gasteiger partial charge in [-0.3, -0.25) is 0 Å². The molecule has 1 aliphatic rings. The lowest BCUT2D eigenvalue weighted by Gasteiger charge is -2.36. The number of benzene rings is 2. The van der Waals surface area contributed by atoms with Crippen molar-refractivity contribution in [2.75, 3.05) is 50.6 Å². The Bertz CT molecular complexity index is 815. The Morgan fingerprint density at radius 1 is 0.931 bits per heavy atom. The predicted octanol–water partition coefficient (Wildman–Crippen LogP) is 3.85. The SMILES string of the molecule is COc1ccc(OC)c(N2CCN(C(=O)Nc3ccc(OC(C)C)cc3)CC2)c1. The number of hydrogen-bond donors (Lipinski definition) is 1. The van der Waals surface area contributed by atoms with Gasteiger partial charge in [-0.15, -0.1) is 0 Å². The van der Waals surface area contributed by atoms with E-state index in [0.717, 1.165) is 41.7 Å². The summed E-state index contributed by atoms with van der Waals surface area (Å²) in [7, 11) is 3.31. The fraction of sp³-hybridized carbons (Fsp3) is 0.409. The second kappa shape index (κ2) is 9.41. The highest BCUT2D eigenvalue weighted by Crippen LogP contribution is 2.33. The van der Waals surface area contributed by atoms with E-state index in [-0.39, 0.29) is 12.1 Å². The Kier molecular flexibility index (Phi) is 6.69. The van der Waals surface area contributed by atoms with Gasteiger partial charge in [0.05, 0.1) is 26.0 Å². The normalized spacial score (nSPS) is 14.0. The van der Waals surface area contributed by atoms with Crippen LogP contribution in [0.3, 0.4) is 0 Å². The van der Waals surface area contributed by atoms with Crippen molar-refractivity contribution in [1.82, 2.24) is 4.90 Å². The largest absolute Gasteiger partial charge is 0.497 e. The van der Waals surface area contributed by atoms with Gasteiger partial charge in [0.2, 0.25) is 0 Å². The van der Waals surface area contributed by atoms with E-state index in [9.17, 15) is 4.79 Å². The van der Waals surface area contributed by atoms with E-state index in [0.29, 0.717) is 13.1 Å². The van der Waals surface area contributed by atoms with Crippen molar-refractivity contribution in [2.24, 2.45) is 0 Å². The van der Waals surface area contributed by atoms with Crippen LogP contribution < -0.4 is 24.4 Å². The van der Waals surface area contributed by atoms with Crippen molar-refractivity contribution in [3.05, 3.63) is 42.5 Å². The first-order chi connectivity index (χ1) is 14.0. The Morgan fingerprint density at radius 2 is 1.59 bits per heavy atom. The molecule has 1 saturated heterocycles. The van der Waals surface area contributed by atoms with E-state index >= 15 is 0 Å². The third-order valence-corrected chi connectivity index (χ3v) is 4.77. The van der Waals surface area contributed by atoms with Gasteiger partial charge in [-0.25, -0.2) is 4.79 Å². The van der Waals surface area contributed by atoms with Gasteiger partial charge in [0.1, 0.15) is 17.2 Å². The van der Waals surface area contributed by atoms with E-state index in [1.807, 2.05) is 61.2 Å². The standard InChI is InChI=1S/C22H29N3O4/c1-16(2)29-18-7-5-17(6-8-18)23-22(26)25-13-11-24(12-14-25)20-15-19(27-3)9-10-21(20)28-4/h5-10,15-16H,11-14H2,1-4H3,(H,23,26). The zero-order valence-corrected chi connectivity index (χ0v) is 17.5. The summed E-state index contributed by atoms with van der Waals surface area (Å²) in [4.78, 5) is 16.6. The average Bonchev–Trinajstić information content (AvgIpc) is 2.74. The summed E-state index contributed by atoms with van der Waals surface area (Å²) in [6.07, 6.45) is 0.120. The number of methoxy groups -OCH3 is 2. The number of amides is 2. The number of carbonyl (C=O) groups is 1. The summed E-state index contributed by atoms with van der Waals surface area (Å²) >= 11 is 0. The molecule has 0 saturated carbocycles. The quantitative estimate of drug-likeness (QED) is 0.800. The Labute approximate surface area is 172 Å². The Balaban J connectivity index is 1.57. The third-order valence-electron chi connectivity index (χ3n) is 4.77. The highest BCUT2D eigenvalue weighted by Gasteiger charge is 2.23. The van der Waals surface area contributed by atoms with Crippen LogP contribution in [-0.2, 0) is 0 Å². The van der Waals surface area contributed by atoms with Crippen LogP contribution in [-0.4, -0.2) is 57.4 Å². The first kappa shape index (κ1) is 20.6. The molecule has 0 atom stereocenters. The van der Waals surface area contributed by atoms with Gasteiger partial charge in [-0.1, -0.05) is 0 Å². The minimum absolute atomic E-state index is 0.0974. The molecule has 29 heavy (non-hydrogen) atoms. The van der Waals surface area contributed by atoms with Gasteiger partial charge in [-0.2, -0.15) is 0 Å². The lowest BCUT2D eigenvalue weighted by atomic mass is 10.2. The fourth-order valence-electron chi connectivity index (χ4n) is 3.29. The fourth-order valence-corrected chi connectivity index (χ4v) is 3.29. The molecular formula is C22H29N3O4. The zero-order valence-electron chi connectivity index (χ0n) is 17.5. The monoisotopic (exact) mass is 399 g/mol. The molecule has 7 heteroatoms. The van der Waals surface area contributed by atoms with E-state index in [2.05, 4.69) is 10.2 Å². The average molecular weight is 399 g/mol. The molecule has 0 bridgehead atoms. The van der Waals surface area contributed by atoms with Gasteiger partial charge >= 0.3 is 6.03 Å². The summed E-state index contributed by atoms with van der Waals surface area (Å²) in [5, 5.41) is 2.96. The molecule has 2 aromatic rings. The van der Waals surface area contributed by atoms with E-state index in [1.54, 1.807) is 14.2 Å². The highest BCUT2D eigenvalue weighted by molar-refractivity contribution is 5.89. The molecule has 1 heterocycles. The molecule has 0 unspecified atom stereocenters. The molecule has 156 valence electrons. The number of nitrogens with one attached hydrogen (secondary N) is 1. The van der Waals surface area contributed by atoms with Gasteiger partial charge in [0, 0.05) is 37.9 Å². The lowest BCUT2D eigenvalue weighted by Crippen LogP contribution is -2.50. The molecule has 0 aliphatic carbocycles. The number of ether oxygens (including phenoxy) is 3. The second-order valence-corrected chi connectivity index (χ2v) is 7.13. The zero-order chi connectivity index (χ0) is 20.8. The third kappa shape index (κ3) is 5.25. The smallest absolute Gasteiger partial charge is 0.321 e. The Morgan fingerprint density at radius 3 is 2.17 bits per heavy atom. The van der Waals surface area contributed by atoms with Crippen molar-refractivity contribution in [1.29, 1.82) is 0 Å². The summed E-state index contributed by atoms with van der Waals surface area (Å²) in [5.74, 6) is 2.37. The van der Waals surface area contributed by atoms with Crippen LogP contribution in [0.2, 0.25) is 0 Å². The van der Waals surface area contributed by atoms with E-state index < -0.39 is 0 Å². The molecule has 2 aromatic carbocycles. The maximum Gasteiger partial charge on any atom is 0.321 e. The molecule has 0 aromatic heterocycles. The molecule has 1 N–H and O–H groups in total. The first-order valence-electron chi connectivity index (χ1n) is 9.79. The van der Waals surface area contributed by atoms with Gasteiger partial charge in [-0.05, 0) is 50.2 Å². The maximum absolute atomic E-state index is 12.6. The second-order valence-electron chi connectivity index (χ2n) is 7.13. The molecular weight excluding hydrogens is 370 g/mol. The van der Waals surface area contributed by atoms with Crippen LogP contribution in [0.1, 0.15) is 13.8 Å². The Hall–Kier alpha value is -3.09. The number of rotatable bonds is 6. The number of hydrogen-bond acceptors (Lipinski definition) is 5. The van der Waals surface area contributed by atoms with Crippen LogP contribution in [0.4, 0.5) is 16.2 Å². The van der Waals surface area contributed by atoms with Gasteiger partial charge < -0.3 is 29.3 Å². The predicted molar refractivity (Wildman–Crippen MR) is 115 cm³/mol. The summed E-state index contributed by atoms with van der Waals surface area (Å²) in [6, 6.07) is 13.1. The molecule has 7 nitrogen and oxygen atoms in total. The van der Waals surface area contributed by atoms with Crippen molar-refractivity contribution >= 4 is 17.4 Å². The molecule has 3 rings (SSSR count). The molecule has 2 amide bonds. The van der Waals surface area contributed by atoms with Crippen molar-refractivity contribution in [3.63, 3.8) is 0 Å². The summed E-state index contributed by atoms with van der Waals surface area (Å²) < 4.78 is 16.5. The van der Waals surface area contributed by atoms with Gasteiger partial charge in [0.25, 0.3) is 0 Å². The number of piperazine rings is 1. The van der Waals surface area contributed by atoms with Crippen molar-refractivity contribution < 1.29 is 19.0 Å². The van der Waals surface area contributed by atoms with Crippen molar-refractivity contribution in [3.8, 4) is 17.2 Å².